The third kappa shape index (κ3) is 3.93. The van der Waals surface area contributed by atoms with Gasteiger partial charge in [-0.15, -0.1) is 5.46 Å². The van der Waals surface area contributed by atoms with Gasteiger partial charge in [-0.05, 0) is 12.5 Å². The zero-order valence-electron chi connectivity index (χ0n) is 7.32. The van der Waals surface area contributed by atoms with Gasteiger partial charge < -0.3 is 12.9 Å². The Morgan fingerprint density at radius 1 is 1.23 bits per heavy atom. The maximum absolute atomic E-state index is 12.1. The molecule has 0 heterocycles. The van der Waals surface area contributed by atoms with Crippen LogP contribution in [0.2, 0.25) is 5.02 Å². The molecule has 1 aromatic carbocycles. The van der Waals surface area contributed by atoms with E-state index in [2.05, 4.69) is 0 Å². The van der Waals surface area contributed by atoms with Crippen molar-refractivity contribution in [2.75, 3.05) is 0 Å². The molecule has 6 heteroatoms. The Kier molecular flexibility index (Phi) is 5.59. The first-order valence-electron chi connectivity index (χ1n) is 3.37. The Hall–Kier alpha value is 1.00. The summed E-state index contributed by atoms with van der Waals surface area (Å²) in [5.74, 6) is 0. The second kappa shape index (κ2) is 5.19. The fourth-order valence-corrected chi connectivity index (χ4v) is 1.00. The van der Waals surface area contributed by atoms with Crippen molar-refractivity contribution in [2.24, 2.45) is 0 Å². The molecular weight excluding hydrogens is 226 g/mol. The van der Waals surface area contributed by atoms with Crippen molar-refractivity contribution in [3.63, 3.8) is 0 Å². The average molecular weight is 232 g/mol. The third-order valence-corrected chi connectivity index (χ3v) is 1.98. The SMILES string of the molecule is Cc1ccc([B-](F)(F)F)cc1Cl.[K+]. The Bertz CT molecular complexity index is 300. The van der Waals surface area contributed by atoms with Crippen molar-refractivity contribution in [1.29, 1.82) is 0 Å². The van der Waals surface area contributed by atoms with E-state index in [0.717, 1.165) is 12.1 Å². The quantitative estimate of drug-likeness (QED) is 0.584. The number of rotatable bonds is 1. The molecule has 0 nitrogen and oxygen atoms in total. The van der Waals surface area contributed by atoms with Gasteiger partial charge in [0.05, 0.1) is 0 Å². The minimum absolute atomic E-state index is 0. The molecule has 0 unspecified atom stereocenters. The van der Waals surface area contributed by atoms with Gasteiger partial charge in [0.2, 0.25) is 0 Å². The molecule has 0 atom stereocenters. The Morgan fingerprint density at radius 3 is 2.15 bits per heavy atom. The topological polar surface area (TPSA) is 0 Å². The Balaban J connectivity index is 0.00000144. The molecule has 0 aliphatic rings. The van der Waals surface area contributed by atoms with Crippen LogP contribution in [0.4, 0.5) is 12.9 Å². The molecule has 0 saturated carbocycles. The van der Waals surface area contributed by atoms with Crippen molar-refractivity contribution in [1.82, 2.24) is 0 Å². The van der Waals surface area contributed by atoms with Gasteiger partial charge >= 0.3 is 58.4 Å². The van der Waals surface area contributed by atoms with Crippen LogP contribution < -0.4 is 56.8 Å². The van der Waals surface area contributed by atoms with E-state index < -0.39 is 12.4 Å². The van der Waals surface area contributed by atoms with Crippen LogP contribution in [0.1, 0.15) is 5.56 Å². The van der Waals surface area contributed by atoms with E-state index >= 15 is 0 Å². The van der Waals surface area contributed by atoms with E-state index in [9.17, 15) is 12.9 Å². The number of hydrogen-bond acceptors (Lipinski definition) is 0. The molecule has 0 radical (unpaired) electrons. The van der Waals surface area contributed by atoms with Crippen molar-refractivity contribution in [3.05, 3.63) is 28.8 Å². The van der Waals surface area contributed by atoms with E-state index in [-0.39, 0.29) is 56.4 Å². The van der Waals surface area contributed by atoms with Gasteiger partial charge in [0.25, 0.3) is 0 Å². The van der Waals surface area contributed by atoms with E-state index in [4.69, 9.17) is 11.6 Å². The zero-order chi connectivity index (χ0) is 9.35. The van der Waals surface area contributed by atoms with Gasteiger partial charge in [0.15, 0.2) is 0 Å². The van der Waals surface area contributed by atoms with Crippen molar-refractivity contribution < 1.29 is 64.3 Å². The second-order valence-corrected chi connectivity index (χ2v) is 2.99. The summed E-state index contributed by atoms with van der Waals surface area (Å²) in [6, 6.07) is 3.37. The van der Waals surface area contributed by atoms with Crippen LogP contribution in [0.25, 0.3) is 0 Å². The third-order valence-electron chi connectivity index (χ3n) is 1.57. The summed E-state index contributed by atoms with van der Waals surface area (Å²) in [5, 5.41) is 0.159. The second-order valence-electron chi connectivity index (χ2n) is 2.58. The molecule has 0 bridgehead atoms. The maximum atomic E-state index is 12.1. The molecule has 0 saturated heterocycles. The molecule has 0 aromatic heterocycles. The molecule has 0 spiro atoms. The number of benzene rings is 1. The summed E-state index contributed by atoms with van der Waals surface area (Å²) < 4.78 is 36.3. The first kappa shape index (κ1) is 14.0. The van der Waals surface area contributed by atoms with Gasteiger partial charge in [-0.1, -0.05) is 29.8 Å². The molecular formula is C7H6BClF3K. The fourth-order valence-electron chi connectivity index (χ4n) is 0.813. The molecule has 0 fully saturated rings. The van der Waals surface area contributed by atoms with E-state index in [1.807, 2.05) is 0 Å². The maximum Gasteiger partial charge on any atom is 1.00 e. The van der Waals surface area contributed by atoms with Gasteiger partial charge in [0.1, 0.15) is 0 Å². The van der Waals surface area contributed by atoms with E-state index in [1.54, 1.807) is 6.92 Å². The Labute approximate surface area is 122 Å². The molecule has 0 aliphatic carbocycles. The summed E-state index contributed by atoms with van der Waals surface area (Å²) in [6.45, 7) is -3.26. The van der Waals surface area contributed by atoms with Crippen LogP contribution in [-0.4, -0.2) is 6.98 Å². The van der Waals surface area contributed by atoms with Crippen molar-refractivity contribution >= 4 is 24.0 Å². The summed E-state index contributed by atoms with van der Waals surface area (Å²) in [5.41, 5.74) is 0.00562. The standard InChI is InChI=1S/C7H6BClF3.K/c1-5-2-3-6(4-7(5)9)8(10,11)12;/h2-4H,1H3;/q-1;+1. The van der Waals surface area contributed by atoms with E-state index in [1.165, 1.54) is 6.07 Å². The molecule has 66 valence electrons. The average Bonchev–Trinajstić information content (AvgIpc) is 1.92. The molecule has 0 amide bonds. The summed E-state index contributed by atoms with van der Waals surface area (Å²) in [6.07, 6.45) is 0. The van der Waals surface area contributed by atoms with Gasteiger partial charge in [-0.2, -0.15) is 0 Å². The molecule has 1 rings (SSSR count). The zero-order valence-corrected chi connectivity index (χ0v) is 11.2. The molecule has 13 heavy (non-hydrogen) atoms. The monoisotopic (exact) mass is 232 g/mol. The first-order chi connectivity index (χ1) is 5.41. The van der Waals surface area contributed by atoms with Gasteiger partial charge in [-0.3, -0.25) is 0 Å². The normalized spacial score (nSPS) is 10.8. The number of hydrogen-bond donors (Lipinski definition) is 0. The van der Waals surface area contributed by atoms with Crippen LogP contribution >= 0.6 is 11.6 Å². The van der Waals surface area contributed by atoms with Crippen LogP contribution in [0.3, 0.4) is 0 Å². The minimum Gasteiger partial charge on any atom is -0.445 e. The summed E-state index contributed by atoms with van der Waals surface area (Å²) in [7, 11) is 0. The number of aryl methyl sites for hydroxylation is 1. The Morgan fingerprint density at radius 2 is 1.77 bits per heavy atom. The van der Waals surface area contributed by atoms with Crippen LogP contribution in [-0.2, 0) is 0 Å². The molecule has 1 aromatic rings. The van der Waals surface area contributed by atoms with Gasteiger partial charge in [0, 0.05) is 5.02 Å². The van der Waals surface area contributed by atoms with Crippen molar-refractivity contribution in [2.45, 2.75) is 6.92 Å². The minimum atomic E-state index is -4.92. The predicted octanol–water partition coefficient (Wildman–Crippen LogP) is -0.293. The first-order valence-corrected chi connectivity index (χ1v) is 3.75. The predicted molar refractivity (Wildman–Crippen MR) is 44.9 cm³/mol. The van der Waals surface area contributed by atoms with Gasteiger partial charge in [-0.25, -0.2) is 0 Å². The van der Waals surface area contributed by atoms with Crippen molar-refractivity contribution in [3.8, 4) is 0 Å². The van der Waals surface area contributed by atoms with Crippen LogP contribution in [0.15, 0.2) is 18.2 Å². The van der Waals surface area contributed by atoms with Crippen LogP contribution in [0, 0.1) is 6.92 Å². The molecule has 0 aliphatic heterocycles. The smallest absolute Gasteiger partial charge is 0.445 e. The fraction of sp³-hybridized carbons (Fsp3) is 0.143. The van der Waals surface area contributed by atoms with Crippen LogP contribution in [0.5, 0.6) is 0 Å². The summed E-state index contributed by atoms with van der Waals surface area (Å²) >= 11 is 5.53. The largest absolute Gasteiger partial charge is 1.00 e. The number of halogens is 4. The molecule has 0 N–H and O–H groups in total. The summed E-state index contributed by atoms with van der Waals surface area (Å²) in [4.78, 5) is 0. The van der Waals surface area contributed by atoms with E-state index in [0.29, 0.717) is 5.56 Å².